The Morgan fingerprint density at radius 1 is 1.13 bits per heavy atom. The molecular weight excluding hydrogens is 296 g/mol. The molecule has 0 saturated heterocycles. The molecule has 0 radical (unpaired) electrons. The molecule has 116 valence electrons. The summed E-state index contributed by atoms with van der Waals surface area (Å²) >= 11 is 0. The topological polar surface area (TPSA) is 80.6 Å². The summed E-state index contributed by atoms with van der Waals surface area (Å²) < 4.78 is 16.3. The van der Waals surface area contributed by atoms with Gasteiger partial charge in [-0.2, -0.15) is 5.26 Å². The number of nitriles is 1. The maximum atomic E-state index is 11.9. The lowest BCUT2D eigenvalue weighted by Gasteiger charge is -2.19. The summed E-state index contributed by atoms with van der Waals surface area (Å²) in [7, 11) is 0. The van der Waals surface area contributed by atoms with Crippen LogP contribution in [-0.2, 0) is 4.79 Å². The SMILES string of the molecule is N#Cc1ccc(OCC(=O)Nc2ccc3c(c2)OCCO3)cc1. The van der Waals surface area contributed by atoms with Gasteiger partial charge < -0.3 is 19.5 Å². The highest BCUT2D eigenvalue weighted by molar-refractivity contribution is 5.92. The molecule has 0 aromatic heterocycles. The normalized spacial score (nSPS) is 12.1. The van der Waals surface area contributed by atoms with E-state index in [1.54, 1.807) is 42.5 Å². The molecule has 0 atom stereocenters. The molecule has 0 bridgehead atoms. The minimum Gasteiger partial charge on any atom is -0.486 e. The predicted octanol–water partition coefficient (Wildman–Crippen LogP) is 2.35. The number of carbonyl (C=O) groups excluding carboxylic acids is 1. The fourth-order valence-electron chi connectivity index (χ4n) is 2.09. The lowest BCUT2D eigenvalue weighted by molar-refractivity contribution is -0.118. The number of nitrogens with zero attached hydrogens (tertiary/aromatic N) is 1. The first-order chi connectivity index (χ1) is 11.2. The number of rotatable bonds is 4. The first-order valence-electron chi connectivity index (χ1n) is 7.07. The van der Waals surface area contributed by atoms with E-state index in [0.717, 1.165) is 0 Å². The van der Waals surface area contributed by atoms with Crippen LogP contribution in [0.2, 0.25) is 0 Å². The minimum atomic E-state index is -0.286. The Morgan fingerprint density at radius 3 is 2.61 bits per heavy atom. The van der Waals surface area contributed by atoms with Gasteiger partial charge in [0.2, 0.25) is 0 Å². The fourth-order valence-corrected chi connectivity index (χ4v) is 2.09. The van der Waals surface area contributed by atoms with E-state index in [0.29, 0.717) is 41.7 Å². The monoisotopic (exact) mass is 310 g/mol. The average molecular weight is 310 g/mol. The first kappa shape index (κ1) is 14.7. The number of hydrogen-bond donors (Lipinski definition) is 1. The summed E-state index contributed by atoms with van der Waals surface area (Å²) in [5, 5.41) is 11.5. The third-order valence-electron chi connectivity index (χ3n) is 3.18. The van der Waals surface area contributed by atoms with E-state index in [1.165, 1.54) is 0 Å². The van der Waals surface area contributed by atoms with Crippen LogP contribution in [0.3, 0.4) is 0 Å². The molecule has 1 aliphatic heterocycles. The Bertz CT molecular complexity index is 750. The molecule has 1 aliphatic rings. The Morgan fingerprint density at radius 2 is 1.87 bits per heavy atom. The number of fused-ring (bicyclic) bond motifs is 1. The number of ether oxygens (including phenoxy) is 3. The summed E-state index contributed by atoms with van der Waals surface area (Å²) in [5.41, 5.74) is 1.15. The van der Waals surface area contributed by atoms with Crippen LogP contribution in [0, 0.1) is 11.3 Å². The lowest BCUT2D eigenvalue weighted by Crippen LogP contribution is -2.20. The van der Waals surface area contributed by atoms with Crippen LogP contribution < -0.4 is 19.5 Å². The summed E-state index contributed by atoms with van der Waals surface area (Å²) in [6.07, 6.45) is 0. The molecular formula is C17H14N2O4. The molecule has 6 nitrogen and oxygen atoms in total. The van der Waals surface area contributed by atoms with Gasteiger partial charge in [0, 0.05) is 11.8 Å². The Balaban J connectivity index is 1.55. The minimum absolute atomic E-state index is 0.125. The van der Waals surface area contributed by atoms with Gasteiger partial charge in [-0.05, 0) is 36.4 Å². The molecule has 1 N–H and O–H groups in total. The third-order valence-corrected chi connectivity index (χ3v) is 3.18. The van der Waals surface area contributed by atoms with Gasteiger partial charge in [0.05, 0.1) is 11.6 Å². The molecule has 1 heterocycles. The third kappa shape index (κ3) is 3.71. The molecule has 6 heteroatoms. The zero-order valence-electron chi connectivity index (χ0n) is 12.2. The second-order valence-corrected chi connectivity index (χ2v) is 4.83. The molecule has 2 aromatic rings. The molecule has 0 fully saturated rings. The van der Waals surface area contributed by atoms with Crippen LogP contribution in [0.1, 0.15) is 5.56 Å². The highest BCUT2D eigenvalue weighted by Crippen LogP contribution is 2.32. The van der Waals surface area contributed by atoms with Crippen molar-refractivity contribution in [3.63, 3.8) is 0 Å². The molecule has 0 unspecified atom stereocenters. The predicted molar refractivity (Wildman–Crippen MR) is 82.7 cm³/mol. The highest BCUT2D eigenvalue weighted by atomic mass is 16.6. The second-order valence-electron chi connectivity index (χ2n) is 4.83. The maximum absolute atomic E-state index is 11.9. The van der Waals surface area contributed by atoms with Gasteiger partial charge >= 0.3 is 0 Å². The van der Waals surface area contributed by atoms with Gasteiger partial charge in [-0.3, -0.25) is 4.79 Å². The number of anilines is 1. The molecule has 0 saturated carbocycles. The number of carbonyl (C=O) groups is 1. The summed E-state index contributed by atoms with van der Waals surface area (Å²) in [4.78, 5) is 11.9. The van der Waals surface area contributed by atoms with Gasteiger partial charge in [0.15, 0.2) is 18.1 Å². The maximum Gasteiger partial charge on any atom is 0.262 e. The van der Waals surface area contributed by atoms with Crippen LogP contribution in [0.5, 0.6) is 17.2 Å². The van der Waals surface area contributed by atoms with E-state index < -0.39 is 0 Å². The van der Waals surface area contributed by atoms with Crippen LogP contribution in [-0.4, -0.2) is 25.7 Å². The van der Waals surface area contributed by atoms with Crippen molar-refractivity contribution in [3.8, 4) is 23.3 Å². The average Bonchev–Trinajstić information content (AvgIpc) is 2.60. The zero-order chi connectivity index (χ0) is 16.1. The van der Waals surface area contributed by atoms with Gasteiger partial charge in [-0.15, -0.1) is 0 Å². The van der Waals surface area contributed by atoms with Crippen molar-refractivity contribution in [2.45, 2.75) is 0 Å². The van der Waals surface area contributed by atoms with E-state index in [4.69, 9.17) is 19.5 Å². The Labute approximate surface area is 133 Å². The van der Waals surface area contributed by atoms with Crippen LogP contribution in [0.15, 0.2) is 42.5 Å². The number of nitrogens with one attached hydrogen (secondary N) is 1. The van der Waals surface area contributed by atoms with Crippen molar-refractivity contribution in [1.82, 2.24) is 0 Å². The van der Waals surface area contributed by atoms with E-state index in [-0.39, 0.29) is 12.5 Å². The van der Waals surface area contributed by atoms with Crippen LogP contribution in [0.4, 0.5) is 5.69 Å². The van der Waals surface area contributed by atoms with E-state index in [1.807, 2.05) is 6.07 Å². The smallest absolute Gasteiger partial charge is 0.262 e. The van der Waals surface area contributed by atoms with Crippen molar-refractivity contribution in [1.29, 1.82) is 5.26 Å². The number of hydrogen-bond acceptors (Lipinski definition) is 5. The highest BCUT2D eigenvalue weighted by Gasteiger charge is 2.13. The van der Waals surface area contributed by atoms with Crippen molar-refractivity contribution in [2.24, 2.45) is 0 Å². The largest absolute Gasteiger partial charge is 0.486 e. The molecule has 0 spiro atoms. The van der Waals surface area contributed by atoms with Gasteiger partial charge in [0.1, 0.15) is 19.0 Å². The van der Waals surface area contributed by atoms with Crippen molar-refractivity contribution in [2.75, 3.05) is 25.1 Å². The fraction of sp³-hybridized carbons (Fsp3) is 0.176. The van der Waals surface area contributed by atoms with E-state index in [9.17, 15) is 4.79 Å². The molecule has 2 aromatic carbocycles. The van der Waals surface area contributed by atoms with Gasteiger partial charge in [0.25, 0.3) is 5.91 Å². The van der Waals surface area contributed by atoms with Crippen LogP contribution >= 0.6 is 0 Å². The Hall–Kier alpha value is -3.20. The molecule has 3 rings (SSSR count). The summed E-state index contributed by atoms with van der Waals surface area (Å²) in [6, 6.07) is 13.8. The lowest BCUT2D eigenvalue weighted by atomic mass is 10.2. The molecule has 23 heavy (non-hydrogen) atoms. The van der Waals surface area contributed by atoms with Crippen LogP contribution in [0.25, 0.3) is 0 Å². The van der Waals surface area contributed by atoms with Gasteiger partial charge in [-0.1, -0.05) is 0 Å². The molecule has 1 amide bonds. The van der Waals surface area contributed by atoms with E-state index >= 15 is 0 Å². The van der Waals surface area contributed by atoms with Crippen molar-refractivity contribution < 1.29 is 19.0 Å². The quantitative estimate of drug-likeness (QED) is 0.937. The first-order valence-corrected chi connectivity index (χ1v) is 7.07. The van der Waals surface area contributed by atoms with E-state index in [2.05, 4.69) is 5.32 Å². The molecule has 0 aliphatic carbocycles. The van der Waals surface area contributed by atoms with Gasteiger partial charge in [-0.25, -0.2) is 0 Å². The van der Waals surface area contributed by atoms with Crippen molar-refractivity contribution in [3.05, 3.63) is 48.0 Å². The number of benzene rings is 2. The second kappa shape index (κ2) is 6.71. The standard InChI is InChI=1S/C17H14N2O4/c18-10-12-1-4-14(5-2-12)23-11-17(20)19-13-3-6-15-16(9-13)22-8-7-21-15/h1-6,9H,7-8,11H2,(H,19,20). The summed E-state index contributed by atoms with van der Waals surface area (Å²) in [5.74, 6) is 1.53. The Kier molecular flexibility index (Phi) is 4.29. The summed E-state index contributed by atoms with van der Waals surface area (Å²) in [6.45, 7) is 0.893. The number of amides is 1. The zero-order valence-corrected chi connectivity index (χ0v) is 12.2. The van der Waals surface area contributed by atoms with Crippen molar-refractivity contribution >= 4 is 11.6 Å².